The van der Waals surface area contributed by atoms with Gasteiger partial charge in [-0.1, -0.05) is 30.3 Å². The van der Waals surface area contributed by atoms with Gasteiger partial charge in [0, 0.05) is 0 Å². The summed E-state index contributed by atoms with van der Waals surface area (Å²) >= 11 is 0. The first-order chi connectivity index (χ1) is 6.75. The third-order valence-corrected chi connectivity index (χ3v) is 2.25. The second kappa shape index (κ2) is 5.43. The summed E-state index contributed by atoms with van der Waals surface area (Å²) in [6, 6.07) is 9.72. The minimum Gasteiger partial charge on any atom is -0.382 e. The molecule has 0 spiro atoms. The fraction of sp³-hybridized carbons (Fsp3) is 0.333. The number of aliphatic hydroxyl groups is 1. The maximum atomic E-state index is 9.92. The minimum absolute atomic E-state index is 0.0912. The number of terminal acetylenes is 1. The molecule has 0 heterocycles. The number of aliphatic hydroxyl groups excluding tert-OH is 1. The van der Waals surface area contributed by atoms with Gasteiger partial charge in [0.15, 0.2) is 0 Å². The van der Waals surface area contributed by atoms with Gasteiger partial charge < -0.3 is 10.4 Å². The second-order valence-corrected chi connectivity index (χ2v) is 3.36. The van der Waals surface area contributed by atoms with Crippen molar-refractivity contribution >= 4 is 0 Å². The fourth-order valence-corrected chi connectivity index (χ4v) is 1.34. The van der Waals surface area contributed by atoms with E-state index in [0.717, 1.165) is 5.56 Å². The van der Waals surface area contributed by atoms with E-state index in [4.69, 9.17) is 6.42 Å². The predicted octanol–water partition coefficient (Wildman–Crippen LogP) is 0.305. The Hall–Kier alpha value is -1.30. The zero-order valence-electron chi connectivity index (χ0n) is 8.35. The molecular weight excluding hydrogens is 174 g/mol. The Kier molecular flexibility index (Phi) is 4.18. The third kappa shape index (κ3) is 2.88. The SMILES string of the molecule is C#CC[NH2+][C@@H](C)[C@H](O)c1ccccc1. The molecule has 0 unspecified atom stereocenters. The van der Waals surface area contributed by atoms with Gasteiger partial charge in [-0.2, -0.15) is 0 Å². The molecule has 0 aliphatic rings. The predicted molar refractivity (Wildman–Crippen MR) is 56.5 cm³/mol. The molecule has 0 saturated carbocycles. The molecule has 0 fully saturated rings. The molecule has 0 radical (unpaired) electrons. The number of hydrogen-bond donors (Lipinski definition) is 2. The van der Waals surface area contributed by atoms with Crippen LogP contribution >= 0.6 is 0 Å². The summed E-state index contributed by atoms with van der Waals surface area (Å²) in [4.78, 5) is 0. The monoisotopic (exact) mass is 190 g/mol. The van der Waals surface area contributed by atoms with E-state index in [9.17, 15) is 5.11 Å². The second-order valence-electron chi connectivity index (χ2n) is 3.36. The molecule has 2 atom stereocenters. The van der Waals surface area contributed by atoms with Gasteiger partial charge in [0.05, 0.1) is 0 Å². The van der Waals surface area contributed by atoms with Gasteiger partial charge >= 0.3 is 0 Å². The fourth-order valence-electron chi connectivity index (χ4n) is 1.34. The first-order valence-electron chi connectivity index (χ1n) is 4.75. The summed E-state index contributed by atoms with van der Waals surface area (Å²) in [5.74, 6) is 2.54. The summed E-state index contributed by atoms with van der Waals surface area (Å²) in [6.07, 6.45) is 4.70. The van der Waals surface area contributed by atoms with Gasteiger partial charge in [-0.15, -0.1) is 6.42 Å². The maximum Gasteiger partial charge on any atom is 0.137 e. The largest absolute Gasteiger partial charge is 0.382 e. The highest BCUT2D eigenvalue weighted by molar-refractivity contribution is 5.17. The van der Waals surface area contributed by atoms with Crippen LogP contribution in [0.5, 0.6) is 0 Å². The van der Waals surface area contributed by atoms with E-state index in [0.29, 0.717) is 6.54 Å². The molecular formula is C12H16NO+. The van der Waals surface area contributed by atoms with Crippen LogP contribution in [-0.4, -0.2) is 17.7 Å². The molecule has 3 N–H and O–H groups in total. The van der Waals surface area contributed by atoms with E-state index in [1.165, 1.54) is 0 Å². The first kappa shape index (κ1) is 10.8. The Balaban J connectivity index is 2.57. The van der Waals surface area contributed by atoms with E-state index in [1.807, 2.05) is 42.6 Å². The molecule has 1 aromatic carbocycles. The van der Waals surface area contributed by atoms with Crippen molar-refractivity contribution in [3.05, 3.63) is 35.9 Å². The van der Waals surface area contributed by atoms with Crippen molar-refractivity contribution in [1.29, 1.82) is 0 Å². The highest BCUT2D eigenvalue weighted by atomic mass is 16.3. The lowest BCUT2D eigenvalue weighted by Gasteiger charge is -2.16. The van der Waals surface area contributed by atoms with Crippen LogP contribution in [0.1, 0.15) is 18.6 Å². The normalized spacial score (nSPS) is 14.4. The number of rotatable bonds is 4. The molecule has 0 aromatic heterocycles. The molecule has 0 aliphatic heterocycles. The van der Waals surface area contributed by atoms with Gasteiger partial charge in [0.2, 0.25) is 0 Å². The lowest BCUT2D eigenvalue weighted by Crippen LogP contribution is -2.90. The van der Waals surface area contributed by atoms with Crippen molar-refractivity contribution < 1.29 is 10.4 Å². The van der Waals surface area contributed by atoms with Crippen molar-refractivity contribution in [2.45, 2.75) is 19.1 Å². The molecule has 1 aromatic rings. The van der Waals surface area contributed by atoms with E-state index >= 15 is 0 Å². The van der Waals surface area contributed by atoms with Crippen molar-refractivity contribution in [1.82, 2.24) is 0 Å². The highest BCUT2D eigenvalue weighted by Crippen LogP contribution is 2.13. The number of nitrogens with two attached hydrogens (primary N) is 1. The van der Waals surface area contributed by atoms with Gasteiger partial charge in [0.1, 0.15) is 18.7 Å². The van der Waals surface area contributed by atoms with Crippen molar-refractivity contribution in [2.75, 3.05) is 6.54 Å². The number of benzene rings is 1. The van der Waals surface area contributed by atoms with E-state index in [1.54, 1.807) is 0 Å². The first-order valence-corrected chi connectivity index (χ1v) is 4.75. The van der Waals surface area contributed by atoms with Crippen LogP contribution in [0, 0.1) is 12.3 Å². The Morgan fingerprint density at radius 1 is 1.43 bits per heavy atom. The van der Waals surface area contributed by atoms with Crippen LogP contribution < -0.4 is 5.32 Å². The molecule has 74 valence electrons. The number of quaternary nitrogens is 1. The molecule has 0 saturated heterocycles. The molecule has 0 amide bonds. The summed E-state index contributed by atoms with van der Waals surface area (Å²) < 4.78 is 0. The quantitative estimate of drug-likeness (QED) is 0.659. The summed E-state index contributed by atoms with van der Waals surface area (Å²) in [5, 5.41) is 11.9. The lowest BCUT2D eigenvalue weighted by atomic mass is 10.0. The summed E-state index contributed by atoms with van der Waals surface area (Å²) in [5.41, 5.74) is 0.938. The molecule has 0 aliphatic carbocycles. The van der Waals surface area contributed by atoms with Crippen molar-refractivity contribution in [2.24, 2.45) is 0 Å². The van der Waals surface area contributed by atoms with Gasteiger partial charge in [-0.3, -0.25) is 0 Å². The van der Waals surface area contributed by atoms with Crippen molar-refractivity contribution in [3.63, 3.8) is 0 Å². The van der Waals surface area contributed by atoms with Crippen LogP contribution in [0.25, 0.3) is 0 Å². The average molecular weight is 190 g/mol. The average Bonchev–Trinajstić information content (AvgIpc) is 2.26. The van der Waals surface area contributed by atoms with Crippen LogP contribution in [0.4, 0.5) is 0 Å². The zero-order chi connectivity index (χ0) is 10.4. The standard InChI is InChI=1S/C12H15NO/c1-3-9-13-10(2)12(14)11-7-5-4-6-8-11/h1,4-8,10,12-14H,9H2,2H3/p+1/t10-,12-/m0/s1. The van der Waals surface area contributed by atoms with E-state index < -0.39 is 6.10 Å². The Bertz CT molecular complexity index is 302. The lowest BCUT2D eigenvalue weighted by molar-refractivity contribution is -0.684. The number of hydrogen-bond acceptors (Lipinski definition) is 1. The summed E-state index contributed by atoms with van der Waals surface area (Å²) in [6.45, 7) is 2.57. The summed E-state index contributed by atoms with van der Waals surface area (Å²) in [7, 11) is 0. The van der Waals surface area contributed by atoms with E-state index in [-0.39, 0.29) is 6.04 Å². The molecule has 14 heavy (non-hydrogen) atoms. The maximum absolute atomic E-state index is 9.92. The van der Waals surface area contributed by atoms with Gasteiger partial charge in [-0.25, -0.2) is 0 Å². The van der Waals surface area contributed by atoms with Crippen LogP contribution in [0.3, 0.4) is 0 Å². The van der Waals surface area contributed by atoms with Crippen LogP contribution in [0.15, 0.2) is 30.3 Å². The van der Waals surface area contributed by atoms with E-state index in [2.05, 4.69) is 5.92 Å². The molecule has 0 bridgehead atoms. The highest BCUT2D eigenvalue weighted by Gasteiger charge is 2.17. The minimum atomic E-state index is -0.454. The van der Waals surface area contributed by atoms with Gasteiger partial charge in [-0.05, 0) is 18.4 Å². The molecule has 1 rings (SSSR count). The molecule has 2 nitrogen and oxygen atoms in total. The smallest absolute Gasteiger partial charge is 0.137 e. The topological polar surface area (TPSA) is 36.8 Å². The molecule has 2 heteroatoms. The third-order valence-electron chi connectivity index (χ3n) is 2.25. The Morgan fingerprint density at radius 3 is 2.64 bits per heavy atom. The van der Waals surface area contributed by atoms with Crippen LogP contribution in [0.2, 0.25) is 0 Å². The van der Waals surface area contributed by atoms with Crippen LogP contribution in [-0.2, 0) is 0 Å². The zero-order valence-corrected chi connectivity index (χ0v) is 8.35. The Labute approximate surface area is 85.0 Å². The Morgan fingerprint density at radius 2 is 2.07 bits per heavy atom. The van der Waals surface area contributed by atoms with Gasteiger partial charge in [0.25, 0.3) is 0 Å². The van der Waals surface area contributed by atoms with Crippen molar-refractivity contribution in [3.8, 4) is 12.3 Å².